The Morgan fingerprint density at radius 2 is 1.97 bits per heavy atom. The Labute approximate surface area is 170 Å². The zero-order chi connectivity index (χ0) is 20.2. The smallest absolute Gasteiger partial charge is 0.252 e. The molecule has 1 amide bonds. The number of rotatable bonds is 5. The SMILES string of the molecule is Cc1ccc(N2CC(N(C)C)C2)cc1C(=O)NC1(c2ccnc3ccnn23)CC1. The van der Waals surface area contributed by atoms with Gasteiger partial charge < -0.3 is 15.1 Å². The van der Waals surface area contributed by atoms with Crippen LogP contribution in [0.5, 0.6) is 0 Å². The molecule has 1 saturated carbocycles. The van der Waals surface area contributed by atoms with Gasteiger partial charge in [0.05, 0.1) is 17.4 Å². The van der Waals surface area contributed by atoms with Crippen LogP contribution in [0, 0.1) is 6.92 Å². The molecule has 0 atom stereocenters. The van der Waals surface area contributed by atoms with Crippen LogP contribution in [0.1, 0.15) is 34.5 Å². The number of aryl methyl sites for hydroxylation is 1. The van der Waals surface area contributed by atoms with Crippen molar-refractivity contribution < 1.29 is 4.79 Å². The number of likely N-dealkylation sites (N-methyl/N-ethyl adjacent to an activating group) is 1. The van der Waals surface area contributed by atoms with Gasteiger partial charge in [-0.25, -0.2) is 9.50 Å². The summed E-state index contributed by atoms with van der Waals surface area (Å²) < 4.78 is 1.83. The third kappa shape index (κ3) is 3.06. The molecule has 1 N–H and O–H groups in total. The van der Waals surface area contributed by atoms with E-state index in [1.807, 2.05) is 35.7 Å². The first kappa shape index (κ1) is 18.1. The predicted octanol–water partition coefficient (Wildman–Crippen LogP) is 2.21. The predicted molar refractivity (Wildman–Crippen MR) is 112 cm³/mol. The van der Waals surface area contributed by atoms with Gasteiger partial charge in [0, 0.05) is 42.6 Å². The Morgan fingerprint density at radius 1 is 1.17 bits per heavy atom. The highest BCUT2D eigenvalue weighted by Gasteiger charge is 2.48. The van der Waals surface area contributed by atoms with Gasteiger partial charge in [-0.1, -0.05) is 6.07 Å². The highest BCUT2D eigenvalue weighted by atomic mass is 16.1. The van der Waals surface area contributed by atoms with Crippen LogP contribution in [0.4, 0.5) is 5.69 Å². The van der Waals surface area contributed by atoms with Gasteiger partial charge in [-0.05, 0) is 57.6 Å². The Morgan fingerprint density at radius 3 is 2.69 bits per heavy atom. The summed E-state index contributed by atoms with van der Waals surface area (Å²) in [5, 5.41) is 7.69. The Balaban J connectivity index is 1.39. The van der Waals surface area contributed by atoms with Crippen LogP contribution in [0.15, 0.2) is 42.7 Å². The highest BCUT2D eigenvalue weighted by Crippen LogP contribution is 2.45. The zero-order valence-corrected chi connectivity index (χ0v) is 17.1. The molecule has 1 aliphatic heterocycles. The number of fused-ring (bicyclic) bond motifs is 1. The molecule has 3 heterocycles. The van der Waals surface area contributed by atoms with Gasteiger partial charge in [-0.15, -0.1) is 0 Å². The van der Waals surface area contributed by atoms with Gasteiger partial charge in [-0.2, -0.15) is 5.10 Å². The van der Waals surface area contributed by atoms with Crippen LogP contribution in [-0.4, -0.2) is 58.6 Å². The second kappa shape index (κ2) is 6.56. The lowest BCUT2D eigenvalue weighted by Gasteiger charge is -2.44. The second-order valence-corrected chi connectivity index (χ2v) is 8.49. The second-order valence-electron chi connectivity index (χ2n) is 8.49. The lowest BCUT2D eigenvalue weighted by molar-refractivity contribution is 0.0928. The molecule has 3 aromatic rings. The quantitative estimate of drug-likeness (QED) is 0.724. The van der Waals surface area contributed by atoms with Crippen LogP contribution in [-0.2, 0) is 5.54 Å². The summed E-state index contributed by atoms with van der Waals surface area (Å²) in [7, 11) is 4.22. The first-order valence-corrected chi connectivity index (χ1v) is 10.1. The average molecular weight is 390 g/mol. The monoisotopic (exact) mass is 390 g/mol. The Bertz CT molecular complexity index is 1080. The van der Waals surface area contributed by atoms with Gasteiger partial charge in [0.25, 0.3) is 5.91 Å². The van der Waals surface area contributed by atoms with E-state index >= 15 is 0 Å². The number of anilines is 1. The lowest BCUT2D eigenvalue weighted by atomic mass is 10.0. The van der Waals surface area contributed by atoms with E-state index < -0.39 is 0 Å². The molecule has 0 spiro atoms. The maximum Gasteiger partial charge on any atom is 0.252 e. The molecule has 5 rings (SSSR count). The largest absolute Gasteiger partial charge is 0.368 e. The number of nitrogens with zero attached hydrogens (tertiary/aromatic N) is 5. The fourth-order valence-electron chi connectivity index (χ4n) is 4.10. The van der Waals surface area contributed by atoms with E-state index in [1.165, 1.54) is 0 Å². The number of nitrogens with one attached hydrogen (secondary N) is 1. The van der Waals surface area contributed by atoms with E-state index in [9.17, 15) is 4.79 Å². The van der Waals surface area contributed by atoms with E-state index in [4.69, 9.17) is 0 Å². The van der Waals surface area contributed by atoms with Crippen LogP contribution in [0.25, 0.3) is 5.65 Å². The van der Waals surface area contributed by atoms with E-state index in [-0.39, 0.29) is 11.4 Å². The molecule has 1 aliphatic carbocycles. The molecule has 150 valence electrons. The van der Waals surface area contributed by atoms with Crippen molar-refractivity contribution in [2.45, 2.75) is 31.3 Å². The number of carbonyl (C=O) groups excluding carboxylic acids is 1. The molecule has 1 aromatic carbocycles. The van der Waals surface area contributed by atoms with Gasteiger partial charge >= 0.3 is 0 Å². The summed E-state index contributed by atoms with van der Waals surface area (Å²) in [6, 6.07) is 10.6. The van der Waals surface area contributed by atoms with E-state index in [1.54, 1.807) is 12.4 Å². The van der Waals surface area contributed by atoms with E-state index in [2.05, 4.69) is 45.4 Å². The summed E-state index contributed by atoms with van der Waals surface area (Å²) in [5.74, 6) is -0.0244. The van der Waals surface area contributed by atoms with Crippen LogP contribution < -0.4 is 10.2 Å². The van der Waals surface area contributed by atoms with Crippen molar-refractivity contribution in [2.75, 3.05) is 32.1 Å². The summed E-state index contributed by atoms with van der Waals surface area (Å²) in [4.78, 5) is 22.2. The number of aromatic nitrogens is 3. The first-order valence-electron chi connectivity index (χ1n) is 10.1. The third-order valence-electron chi connectivity index (χ3n) is 6.31. The van der Waals surface area contributed by atoms with Crippen molar-refractivity contribution in [3.05, 3.63) is 59.5 Å². The number of amides is 1. The zero-order valence-electron chi connectivity index (χ0n) is 17.1. The van der Waals surface area contributed by atoms with Crippen molar-refractivity contribution in [1.29, 1.82) is 0 Å². The van der Waals surface area contributed by atoms with E-state index in [0.29, 0.717) is 6.04 Å². The maximum absolute atomic E-state index is 13.2. The Kier molecular flexibility index (Phi) is 4.10. The fraction of sp³-hybridized carbons (Fsp3) is 0.409. The molecule has 2 aromatic heterocycles. The molecular formula is C22H26N6O. The van der Waals surface area contributed by atoms with E-state index in [0.717, 1.165) is 54.1 Å². The minimum atomic E-state index is -0.362. The van der Waals surface area contributed by atoms with Crippen LogP contribution in [0.2, 0.25) is 0 Å². The number of hydrogen-bond acceptors (Lipinski definition) is 5. The van der Waals surface area contributed by atoms with Crippen molar-refractivity contribution in [1.82, 2.24) is 24.8 Å². The number of hydrogen-bond donors (Lipinski definition) is 1. The topological polar surface area (TPSA) is 65.8 Å². The van der Waals surface area contributed by atoms with Crippen molar-refractivity contribution >= 4 is 17.2 Å². The van der Waals surface area contributed by atoms with Crippen LogP contribution >= 0.6 is 0 Å². The van der Waals surface area contributed by atoms with Gasteiger partial charge in [0.2, 0.25) is 0 Å². The molecule has 2 aliphatic rings. The Hall–Kier alpha value is -2.93. The highest BCUT2D eigenvalue weighted by molar-refractivity contribution is 5.97. The van der Waals surface area contributed by atoms with Gasteiger partial charge in [0.1, 0.15) is 0 Å². The summed E-state index contributed by atoms with van der Waals surface area (Å²) in [6.07, 6.45) is 5.35. The van der Waals surface area contributed by atoms with Gasteiger partial charge in [-0.3, -0.25) is 4.79 Å². The van der Waals surface area contributed by atoms with Crippen molar-refractivity contribution in [3.63, 3.8) is 0 Å². The summed E-state index contributed by atoms with van der Waals surface area (Å²) >= 11 is 0. The van der Waals surface area contributed by atoms with Crippen molar-refractivity contribution in [2.24, 2.45) is 0 Å². The number of benzene rings is 1. The van der Waals surface area contributed by atoms with Crippen LogP contribution in [0.3, 0.4) is 0 Å². The van der Waals surface area contributed by atoms with Crippen molar-refractivity contribution in [3.8, 4) is 0 Å². The number of carbonyl (C=O) groups is 1. The molecule has 2 fully saturated rings. The molecule has 0 radical (unpaired) electrons. The van der Waals surface area contributed by atoms with Gasteiger partial charge in [0.15, 0.2) is 5.65 Å². The third-order valence-corrected chi connectivity index (χ3v) is 6.31. The molecule has 0 unspecified atom stereocenters. The fourth-order valence-corrected chi connectivity index (χ4v) is 4.10. The minimum Gasteiger partial charge on any atom is -0.368 e. The molecule has 1 saturated heterocycles. The minimum absolute atomic E-state index is 0.0244. The lowest BCUT2D eigenvalue weighted by Crippen LogP contribution is -2.57. The normalized spacial score (nSPS) is 18.1. The maximum atomic E-state index is 13.2. The standard InChI is InChI=1S/C22H26N6O/c1-15-4-5-16(27-13-17(14-27)26(2)3)12-18(15)21(29)25-22(8-9-22)19-6-10-23-20-7-11-24-28(19)20/h4-7,10-12,17H,8-9,13-14H2,1-3H3,(H,25,29). The summed E-state index contributed by atoms with van der Waals surface area (Å²) in [6.45, 7) is 3.99. The molecular weight excluding hydrogens is 364 g/mol. The molecule has 7 heteroatoms. The molecule has 7 nitrogen and oxygen atoms in total. The first-order chi connectivity index (χ1) is 14.0. The molecule has 29 heavy (non-hydrogen) atoms. The summed E-state index contributed by atoms with van der Waals surface area (Å²) in [5.41, 5.74) is 4.28. The molecule has 0 bridgehead atoms. The average Bonchev–Trinajstić information content (AvgIpc) is 3.26.